The SMILES string of the molecule is COCCOCCOCCOCCOCCOCCOCCOCCOCCOCCOCCOCCC(=O)N[C@@H](C)[C]=O. The highest BCUT2D eigenvalue weighted by atomic mass is 16.6. The van der Waals surface area contributed by atoms with Crippen LogP contribution in [0.2, 0.25) is 0 Å². The molecule has 1 atom stereocenters. The van der Waals surface area contributed by atoms with Crippen LogP contribution >= 0.6 is 0 Å². The van der Waals surface area contributed by atoms with E-state index in [1.807, 2.05) is 0 Å². The Morgan fingerprint density at radius 2 is 0.682 bits per heavy atom. The van der Waals surface area contributed by atoms with Gasteiger partial charge in [0.1, 0.15) is 0 Å². The average Bonchev–Trinajstić information content (AvgIpc) is 3.02. The first kappa shape index (κ1) is 42.7. The second-order valence-corrected chi connectivity index (χ2v) is 8.89. The highest BCUT2D eigenvalue weighted by Gasteiger charge is 2.06. The molecule has 0 rings (SSSR count). The predicted molar refractivity (Wildman–Crippen MR) is 159 cm³/mol. The molecule has 0 bridgehead atoms. The number of nitrogens with one attached hydrogen (secondary N) is 1. The van der Waals surface area contributed by atoms with Crippen LogP contribution in [0.3, 0.4) is 0 Å². The summed E-state index contributed by atoms with van der Waals surface area (Å²) in [5.74, 6) is -0.248. The fraction of sp³-hybridized carbons (Fsp3) is 0.931. The number of rotatable bonds is 38. The zero-order chi connectivity index (χ0) is 32.0. The maximum atomic E-state index is 11.4. The summed E-state index contributed by atoms with van der Waals surface area (Å²) in [6.45, 7) is 12.7. The van der Waals surface area contributed by atoms with E-state index in [0.29, 0.717) is 145 Å². The summed E-state index contributed by atoms with van der Waals surface area (Å²) in [5.41, 5.74) is 0. The maximum Gasteiger partial charge on any atom is 0.222 e. The molecule has 15 heteroatoms. The van der Waals surface area contributed by atoms with E-state index in [2.05, 4.69) is 5.32 Å². The summed E-state index contributed by atoms with van der Waals surface area (Å²) in [6, 6.07) is -0.608. The molecule has 0 saturated heterocycles. The van der Waals surface area contributed by atoms with Gasteiger partial charge in [0, 0.05) is 13.5 Å². The van der Waals surface area contributed by atoms with Crippen molar-refractivity contribution in [2.24, 2.45) is 0 Å². The van der Waals surface area contributed by atoms with Gasteiger partial charge in [-0.15, -0.1) is 0 Å². The van der Waals surface area contributed by atoms with Crippen LogP contribution < -0.4 is 5.32 Å². The van der Waals surface area contributed by atoms with Gasteiger partial charge in [-0.25, -0.2) is 0 Å². The van der Waals surface area contributed by atoms with Gasteiger partial charge in [0.2, 0.25) is 12.2 Å². The van der Waals surface area contributed by atoms with E-state index in [4.69, 9.17) is 56.8 Å². The van der Waals surface area contributed by atoms with Gasteiger partial charge in [0.05, 0.1) is 158 Å². The van der Waals surface area contributed by atoms with Crippen molar-refractivity contribution in [3.05, 3.63) is 0 Å². The Labute approximate surface area is 262 Å². The van der Waals surface area contributed by atoms with E-state index in [9.17, 15) is 9.59 Å². The van der Waals surface area contributed by atoms with Crippen molar-refractivity contribution in [3.8, 4) is 0 Å². The third-order valence-corrected chi connectivity index (χ3v) is 5.18. The van der Waals surface area contributed by atoms with Crippen LogP contribution in [-0.2, 0) is 66.4 Å². The number of carbonyl (C=O) groups is 1. The van der Waals surface area contributed by atoms with Gasteiger partial charge in [0.25, 0.3) is 0 Å². The summed E-state index contributed by atoms with van der Waals surface area (Å²) >= 11 is 0. The summed E-state index contributed by atoms with van der Waals surface area (Å²) < 4.78 is 64.4. The highest BCUT2D eigenvalue weighted by Crippen LogP contribution is 1.89. The molecule has 44 heavy (non-hydrogen) atoms. The molecular weight excluding hydrogens is 586 g/mol. The molecule has 0 aliphatic heterocycles. The van der Waals surface area contributed by atoms with E-state index in [-0.39, 0.29) is 18.9 Å². The Hall–Kier alpha value is -1.34. The molecule has 0 aliphatic carbocycles. The summed E-state index contributed by atoms with van der Waals surface area (Å²) in [5, 5.41) is 2.48. The van der Waals surface area contributed by atoms with Crippen molar-refractivity contribution in [3.63, 3.8) is 0 Å². The second kappa shape index (κ2) is 37.8. The highest BCUT2D eigenvalue weighted by molar-refractivity contribution is 5.79. The topological polar surface area (TPSA) is 157 Å². The molecular formula is C29H56NO14. The van der Waals surface area contributed by atoms with Crippen molar-refractivity contribution < 1.29 is 66.4 Å². The first-order valence-corrected chi connectivity index (χ1v) is 15.2. The van der Waals surface area contributed by atoms with Gasteiger partial charge in [-0.1, -0.05) is 0 Å². The van der Waals surface area contributed by atoms with Crippen molar-refractivity contribution >= 4 is 12.2 Å². The smallest absolute Gasteiger partial charge is 0.222 e. The lowest BCUT2D eigenvalue weighted by Crippen LogP contribution is -2.34. The molecule has 1 N–H and O–H groups in total. The number of carbonyl (C=O) groups excluding carboxylic acids is 2. The van der Waals surface area contributed by atoms with Gasteiger partial charge in [-0.2, -0.15) is 0 Å². The Bertz CT molecular complexity index is 590. The number of hydrogen-bond donors (Lipinski definition) is 1. The van der Waals surface area contributed by atoms with Crippen LogP contribution in [0.4, 0.5) is 0 Å². The van der Waals surface area contributed by atoms with Gasteiger partial charge in [-0.05, 0) is 6.92 Å². The zero-order valence-electron chi connectivity index (χ0n) is 26.8. The van der Waals surface area contributed by atoms with E-state index in [0.717, 1.165) is 0 Å². The van der Waals surface area contributed by atoms with Crippen LogP contribution in [0.15, 0.2) is 0 Å². The lowest BCUT2D eigenvalue weighted by molar-refractivity contribution is -0.122. The van der Waals surface area contributed by atoms with Crippen LogP contribution in [0, 0.1) is 0 Å². The molecule has 0 unspecified atom stereocenters. The molecule has 0 fully saturated rings. The molecule has 15 nitrogen and oxygen atoms in total. The molecule has 0 spiro atoms. The predicted octanol–water partition coefficient (Wildman–Crippen LogP) is -0.180. The molecule has 1 amide bonds. The molecule has 0 saturated carbocycles. The van der Waals surface area contributed by atoms with Crippen LogP contribution in [0.5, 0.6) is 0 Å². The van der Waals surface area contributed by atoms with E-state index in [1.54, 1.807) is 20.3 Å². The quantitative estimate of drug-likeness (QED) is 0.0885. The molecule has 0 aromatic heterocycles. The Kier molecular flexibility index (Phi) is 36.7. The minimum Gasteiger partial charge on any atom is -0.382 e. The fourth-order valence-electron chi connectivity index (χ4n) is 2.95. The van der Waals surface area contributed by atoms with Crippen LogP contribution in [0.25, 0.3) is 0 Å². The van der Waals surface area contributed by atoms with Crippen molar-refractivity contribution in [2.75, 3.05) is 159 Å². The minimum absolute atomic E-state index is 0.186. The lowest BCUT2D eigenvalue weighted by atomic mass is 10.3. The Morgan fingerprint density at radius 3 is 0.909 bits per heavy atom. The summed E-state index contributed by atoms with van der Waals surface area (Å²) in [6.07, 6.45) is 1.87. The summed E-state index contributed by atoms with van der Waals surface area (Å²) in [7, 11) is 1.64. The molecule has 1 radical (unpaired) electrons. The van der Waals surface area contributed by atoms with Gasteiger partial charge in [0.15, 0.2) is 0 Å². The van der Waals surface area contributed by atoms with Crippen molar-refractivity contribution in [1.82, 2.24) is 5.32 Å². The second-order valence-electron chi connectivity index (χ2n) is 8.89. The lowest BCUT2D eigenvalue weighted by Gasteiger charge is -2.09. The third-order valence-electron chi connectivity index (χ3n) is 5.18. The first-order chi connectivity index (χ1) is 21.7. The van der Waals surface area contributed by atoms with Crippen molar-refractivity contribution in [2.45, 2.75) is 19.4 Å². The minimum atomic E-state index is -0.608. The van der Waals surface area contributed by atoms with E-state index >= 15 is 0 Å². The fourth-order valence-corrected chi connectivity index (χ4v) is 2.95. The third kappa shape index (κ3) is 36.8. The zero-order valence-corrected chi connectivity index (χ0v) is 26.8. The largest absolute Gasteiger partial charge is 0.382 e. The number of amides is 1. The number of ether oxygens (including phenoxy) is 12. The standard InChI is InChI=1S/C29H56NO14/c1-28(27-31)30-29(32)3-4-34-7-8-36-11-12-38-15-16-40-19-20-42-23-24-44-26-25-43-22-21-41-18-17-39-14-13-37-10-9-35-6-5-33-2/h28H,3-26H2,1-2H3,(H,30,32)/t28-/m0/s1. The monoisotopic (exact) mass is 642 g/mol. The number of methoxy groups -OCH3 is 1. The normalized spacial score (nSPS) is 12.0. The van der Waals surface area contributed by atoms with Crippen LogP contribution in [-0.4, -0.2) is 177 Å². The Morgan fingerprint density at radius 1 is 0.455 bits per heavy atom. The van der Waals surface area contributed by atoms with Gasteiger partial charge >= 0.3 is 0 Å². The maximum absolute atomic E-state index is 11.4. The Balaban J connectivity index is 3.08. The van der Waals surface area contributed by atoms with Gasteiger partial charge in [-0.3, -0.25) is 9.59 Å². The van der Waals surface area contributed by atoms with E-state index < -0.39 is 6.04 Å². The molecule has 0 aliphatic rings. The molecule has 0 aromatic rings. The first-order valence-electron chi connectivity index (χ1n) is 15.2. The summed E-state index contributed by atoms with van der Waals surface area (Å²) in [4.78, 5) is 21.8. The molecule has 0 aromatic carbocycles. The van der Waals surface area contributed by atoms with Gasteiger partial charge < -0.3 is 62.2 Å². The molecule has 0 heterocycles. The van der Waals surface area contributed by atoms with Crippen LogP contribution in [0.1, 0.15) is 13.3 Å². The average molecular weight is 643 g/mol. The van der Waals surface area contributed by atoms with Crippen molar-refractivity contribution in [1.29, 1.82) is 0 Å². The van der Waals surface area contributed by atoms with E-state index in [1.165, 1.54) is 0 Å². The molecule has 261 valence electrons. The number of hydrogen-bond acceptors (Lipinski definition) is 14.